The maximum atomic E-state index is 8.79. The molecule has 1 aromatic heterocycles. The molecule has 5 heteroatoms. The smallest absolute Gasteiger partial charge is 0.156 e. The number of hydrogen-bond acceptors (Lipinski definition) is 5. The summed E-state index contributed by atoms with van der Waals surface area (Å²) in [6.07, 6.45) is 3.78. The van der Waals surface area contributed by atoms with E-state index in [4.69, 9.17) is 5.11 Å². The van der Waals surface area contributed by atoms with E-state index in [1.807, 2.05) is 13.8 Å². The minimum Gasteiger partial charge on any atom is -0.396 e. The Morgan fingerprint density at radius 2 is 2.44 bits per heavy atom. The predicted octanol–water partition coefficient (Wildman–Crippen LogP) is 1.49. The summed E-state index contributed by atoms with van der Waals surface area (Å²) in [5, 5.41) is 14.6. The maximum absolute atomic E-state index is 8.79. The average Bonchev–Trinajstić information content (AvgIpc) is 2.26. The first-order valence-corrected chi connectivity index (χ1v) is 5.03. The summed E-state index contributed by atoms with van der Waals surface area (Å²) in [6, 6.07) is 1.75. The SMILES string of the molecule is C=CN(/N=C(/C)CCO)c1ccnc(C)n1. The summed E-state index contributed by atoms with van der Waals surface area (Å²) in [5.74, 6) is 1.35. The van der Waals surface area contributed by atoms with E-state index in [1.165, 1.54) is 0 Å². The van der Waals surface area contributed by atoms with Crippen molar-refractivity contribution in [1.29, 1.82) is 0 Å². The van der Waals surface area contributed by atoms with Crippen LogP contribution < -0.4 is 5.01 Å². The Bertz CT molecular complexity index is 389. The highest BCUT2D eigenvalue weighted by Crippen LogP contribution is 2.10. The first-order chi connectivity index (χ1) is 7.67. The third kappa shape index (κ3) is 3.43. The molecule has 16 heavy (non-hydrogen) atoms. The highest BCUT2D eigenvalue weighted by atomic mass is 16.3. The predicted molar refractivity (Wildman–Crippen MR) is 64.3 cm³/mol. The van der Waals surface area contributed by atoms with Crippen molar-refractivity contribution in [2.45, 2.75) is 20.3 Å². The number of aryl methyl sites for hydroxylation is 1. The van der Waals surface area contributed by atoms with Gasteiger partial charge in [-0.3, -0.25) is 0 Å². The topological polar surface area (TPSA) is 61.6 Å². The number of aliphatic hydroxyl groups excluding tert-OH is 1. The van der Waals surface area contributed by atoms with Gasteiger partial charge in [-0.1, -0.05) is 6.58 Å². The van der Waals surface area contributed by atoms with Gasteiger partial charge in [0.15, 0.2) is 5.82 Å². The molecule has 0 saturated heterocycles. The fraction of sp³-hybridized carbons (Fsp3) is 0.364. The first kappa shape index (κ1) is 12.3. The van der Waals surface area contributed by atoms with E-state index in [2.05, 4.69) is 21.6 Å². The molecule has 0 aliphatic carbocycles. The van der Waals surface area contributed by atoms with Crippen molar-refractivity contribution < 1.29 is 5.11 Å². The third-order valence-electron chi connectivity index (χ3n) is 1.92. The molecule has 1 rings (SSSR count). The van der Waals surface area contributed by atoms with Gasteiger partial charge in [-0.05, 0) is 13.8 Å². The normalized spacial score (nSPS) is 11.3. The lowest BCUT2D eigenvalue weighted by Gasteiger charge is -2.14. The van der Waals surface area contributed by atoms with Crippen LogP contribution in [-0.2, 0) is 0 Å². The number of anilines is 1. The number of aliphatic hydroxyl groups is 1. The number of rotatable bonds is 5. The molecule has 1 heterocycles. The molecule has 0 unspecified atom stereocenters. The van der Waals surface area contributed by atoms with Gasteiger partial charge in [-0.2, -0.15) is 5.10 Å². The van der Waals surface area contributed by atoms with E-state index in [-0.39, 0.29) is 6.61 Å². The minimum absolute atomic E-state index is 0.0864. The van der Waals surface area contributed by atoms with Crippen LogP contribution in [0.3, 0.4) is 0 Å². The van der Waals surface area contributed by atoms with Crippen LogP contribution in [0.5, 0.6) is 0 Å². The van der Waals surface area contributed by atoms with E-state index in [0.717, 1.165) is 5.71 Å². The van der Waals surface area contributed by atoms with Gasteiger partial charge in [0.2, 0.25) is 0 Å². The van der Waals surface area contributed by atoms with Gasteiger partial charge in [0.25, 0.3) is 0 Å². The average molecular weight is 220 g/mol. The number of hydrazone groups is 1. The van der Waals surface area contributed by atoms with Gasteiger partial charge in [-0.25, -0.2) is 15.0 Å². The van der Waals surface area contributed by atoms with Gasteiger partial charge in [-0.15, -0.1) is 0 Å². The summed E-state index contributed by atoms with van der Waals surface area (Å²) in [4.78, 5) is 8.24. The Morgan fingerprint density at radius 1 is 1.69 bits per heavy atom. The molecule has 0 aliphatic rings. The molecular weight excluding hydrogens is 204 g/mol. The number of nitrogens with zero attached hydrogens (tertiary/aromatic N) is 4. The molecule has 86 valence electrons. The van der Waals surface area contributed by atoms with Crippen molar-refractivity contribution in [2.24, 2.45) is 5.10 Å². The number of hydrogen-bond donors (Lipinski definition) is 1. The molecule has 5 nitrogen and oxygen atoms in total. The lowest BCUT2D eigenvalue weighted by Crippen LogP contribution is -2.13. The molecular formula is C11H16N4O. The Morgan fingerprint density at radius 3 is 3.00 bits per heavy atom. The summed E-state index contributed by atoms with van der Waals surface area (Å²) < 4.78 is 0. The molecule has 0 spiro atoms. The van der Waals surface area contributed by atoms with Crippen molar-refractivity contribution in [1.82, 2.24) is 9.97 Å². The quantitative estimate of drug-likeness (QED) is 0.603. The van der Waals surface area contributed by atoms with Gasteiger partial charge >= 0.3 is 0 Å². The lowest BCUT2D eigenvalue weighted by molar-refractivity contribution is 0.307. The van der Waals surface area contributed by atoms with Crippen molar-refractivity contribution >= 4 is 11.5 Å². The van der Waals surface area contributed by atoms with E-state index >= 15 is 0 Å². The van der Waals surface area contributed by atoms with Crippen LogP contribution in [0.2, 0.25) is 0 Å². The van der Waals surface area contributed by atoms with E-state index in [0.29, 0.717) is 18.1 Å². The van der Waals surface area contributed by atoms with Crippen LogP contribution in [0, 0.1) is 6.92 Å². The maximum Gasteiger partial charge on any atom is 0.156 e. The van der Waals surface area contributed by atoms with Crippen LogP contribution in [0.1, 0.15) is 19.2 Å². The second-order valence-electron chi connectivity index (χ2n) is 3.30. The van der Waals surface area contributed by atoms with Gasteiger partial charge in [0.05, 0.1) is 0 Å². The second-order valence-corrected chi connectivity index (χ2v) is 3.30. The Kier molecular flexibility index (Phi) is 4.60. The van der Waals surface area contributed by atoms with Crippen molar-refractivity contribution in [3.8, 4) is 0 Å². The van der Waals surface area contributed by atoms with Crippen molar-refractivity contribution in [3.63, 3.8) is 0 Å². The zero-order chi connectivity index (χ0) is 12.0. The molecule has 0 amide bonds. The highest BCUT2D eigenvalue weighted by Gasteiger charge is 2.03. The van der Waals surface area contributed by atoms with Crippen LogP contribution in [0.4, 0.5) is 5.82 Å². The fourth-order valence-electron chi connectivity index (χ4n) is 1.15. The molecule has 0 atom stereocenters. The largest absolute Gasteiger partial charge is 0.396 e. The molecule has 1 aromatic rings. The highest BCUT2D eigenvalue weighted by molar-refractivity contribution is 5.82. The molecule has 0 aliphatic heterocycles. The van der Waals surface area contributed by atoms with Crippen LogP contribution in [0.25, 0.3) is 0 Å². The Hall–Kier alpha value is -1.75. The van der Waals surface area contributed by atoms with Crippen LogP contribution in [-0.4, -0.2) is 27.4 Å². The Balaban J connectivity index is 2.90. The monoisotopic (exact) mass is 220 g/mol. The first-order valence-electron chi connectivity index (χ1n) is 5.03. The summed E-state index contributed by atoms with van der Waals surface area (Å²) >= 11 is 0. The van der Waals surface area contributed by atoms with E-state index in [9.17, 15) is 0 Å². The third-order valence-corrected chi connectivity index (χ3v) is 1.92. The summed E-state index contributed by atoms with van der Waals surface area (Å²) in [7, 11) is 0. The molecule has 0 bridgehead atoms. The molecule has 0 fully saturated rings. The molecule has 1 N–H and O–H groups in total. The molecule has 0 aromatic carbocycles. The van der Waals surface area contributed by atoms with Gasteiger partial charge in [0.1, 0.15) is 5.82 Å². The molecule has 0 radical (unpaired) electrons. The van der Waals surface area contributed by atoms with Crippen LogP contribution >= 0.6 is 0 Å². The lowest BCUT2D eigenvalue weighted by atomic mass is 10.3. The molecule has 0 saturated carbocycles. The van der Waals surface area contributed by atoms with Crippen LogP contribution in [0.15, 0.2) is 30.1 Å². The minimum atomic E-state index is 0.0864. The van der Waals surface area contributed by atoms with Gasteiger partial charge < -0.3 is 5.11 Å². The van der Waals surface area contributed by atoms with E-state index < -0.39 is 0 Å². The summed E-state index contributed by atoms with van der Waals surface area (Å²) in [6.45, 7) is 7.43. The van der Waals surface area contributed by atoms with Gasteiger partial charge in [0, 0.05) is 37.2 Å². The zero-order valence-corrected chi connectivity index (χ0v) is 9.59. The van der Waals surface area contributed by atoms with Crippen molar-refractivity contribution in [2.75, 3.05) is 11.6 Å². The Labute approximate surface area is 95.2 Å². The number of aromatic nitrogens is 2. The second kappa shape index (κ2) is 5.97. The van der Waals surface area contributed by atoms with Crippen molar-refractivity contribution in [3.05, 3.63) is 30.9 Å². The standard InChI is InChI=1S/C11H16N4O/c1-4-15(14-9(2)6-8-16)11-5-7-12-10(3)13-11/h4-5,7,16H,1,6,8H2,2-3H3/b14-9-. The van der Waals surface area contributed by atoms with E-state index in [1.54, 1.807) is 23.5 Å². The summed E-state index contributed by atoms with van der Waals surface area (Å²) in [5.41, 5.74) is 0.818. The zero-order valence-electron chi connectivity index (χ0n) is 9.59. The fourth-order valence-corrected chi connectivity index (χ4v) is 1.15.